The third-order valence-corrected chi connectivity index (χ3v) is 2.52. The Bertz CT molecular complexity index is 340. The highest BCUT2D eigenvalue weighted by Crippen LogP contribution is 2.12. The van der Waals surface area contributed by atoms with Crippen LogP contribution in [0.1, 0.15) is 24.4 Å². The fraction of sp³-hybridized carbons (Fsp3) is 0.583. The molecule has 0 saturated carbocycles. The van der Waals surface area contributed by atoms with Crippen LogP contribution in [0.25, 0.3) is 0 Å². The minimum atomic E-state index is 0.296. The van der Waals surface area contributed by atoms with Gasteiger partial charge in [-0.1, -0.05) is 0 Å². The summed E-state index contributed by atoms with van der Waals surface area (Å²) >= 11 is 0. The van der Waals surface area contributed by atoms with Gasteiger partial charge in [0.1, 0.15) is 18.1 Å². The van der Waals surface area contributed by atoms with Crippen molar-refractivity contribution < 1.29 is 13.9 Å². The lowest BCUT2D eigenvalue weighted by Crippen LogP contribution is -2.08. The number of aliphatic imine (C=N–C) groups is 1. The molecule has 0 bridgehead atoms. The summed E-state index contributed by atoms with van der Waals surface area (Å²) in [6.07, 6.45) is 4.31. The average Bonchev–Trinajstić information content (AvgIpc) is 2.90. The largest absolute Gasteiger partial charge is 0.458 e. The van der Waals surface area contributed by atoms with Gasteiger partial charge in [0, 0.05) is 13.7 Å². The summed E-state index contributed by atoms with van der Waals surface area (Å²) in [5.74, 6) is 1.59. The molecule has 4 heteroatoms. The number of furan rings is 1. The molecule has 0 aliphatic carbocycles. The molecule has 0 spiro atoms. The van der Waals surface area contributed by atoms with E-state index in [0.717, 1.165) is 37.5 Å². The Labute approximate surface area is 95.3 Å². The molecule has 88 valence electrons. The van der Waals surface area contributed by atoms with Crippen LogP contribution < -0.4 is 0 Å². The van der Waals surface area contributed by atoms with Crippen LogP contribution in [0.2, 0.25) is 0 Å². The van der Waals surface area contributed by atoms with Gasteiger partial charge in [-0.15, -0.1) is 0 Å². The van der Waals surface area contributed by atoms with Gasteiger partial charge in [-0.3, -0.25) is 4.99 Å². The molecule has 0 radical (unpaired) electrons. The van der Waals surface area contributed by atoms with E-state index < -0.39 is 0 Å². The van der Waals surface area contributed by atoms with Crippen molar-refractivity contribution >= 4 is 6.21 Å². The molecule has 1 aliphatic rings. The minimum Gasteiger partial charge on any atom is -0.458 e. The number of nitrogens with zero attached hydrogens (tertiary/aromatic N) is 1. The minimum absolute atomic E-state index is 0.296. The third kappa shape index (κ3) is 3.18. The second kappa shape index (κ2) is 5.82. The monoisotopic (exact) mass is 223 g/mol. The molecular weight excluding hydrogens is 206 g/mol. The quantitative estimate of drug-likeness (QED) is 0.717. The SMILES string of the molecule is COCc1ccc(C=NCC2CCCO2)o1. The first-order valence-electron chi connectivity index (χ1n) is 5.57. The van der Waals surface area contributed by atoms with E-state index in [9.17, 15) is 0 Å². The van der Waals surface area contributed by atoms with E-state index in [1.54, 1.807) is 13.3 Å². The van der Waals surface area contributed by atoms with Gasteiger partial charge >= 0.3 is 0 Å². The van der Waals surface area contributed by atoms with Gasteiger partial charge in [-0.25, -0.2) is 0 Å². The number of rotatable bonds is 5. The molecule has 16 heavy (non-hydrogen) atoms. The molecule has 4 nitrogen and oxygen atoms in total. The van der Waals surface area contributed by atoms with Crippen LogP contribution in [0, 0.1) is 0 Å². The van der Waals surface area contributed by atoms with E-state index in [4.69, 9.17) is 13.9 Å². The molecule has 1 unspecified atom stereocenters. The van der Waals surface area contributed by atoms with Crippen molar-refractivity contribution in [1.82, 2.24) is 0 Å². The molecule has 0 amide bonds. The molecule has 2 heterocycles. The first kappa shape index (κ1) is 11.4. The molecule has 1 aromatic rings. The van der Waals surface area contributed by atoms with Crippen LogP contribution >= 0.6 is 0 Å². The van der Waals surface area contributed by atoms with Crippen LogP contribution in [-0.2, 0) is 16.1 Å². The third-order valence-electron chi connectivity index (χ3n) is 2.52. The normalized spacial score (nSPS) is 20.9. The van der Waals surface area contributed by atoms with Crippen LogP contribution in [0.3, 0.4) is 0 Å². The number of hydrogen-bond acceptors (Lipinski definition) is 4. The predicted octanol–water partition coefficient (Wildman–Crippen LogP) is 2.02. The van der Waals surface area contributed by atoms with Crippen molar-refractivity contribution in [3.63, 3.8) is 0 Å². The molecule has 0 aromatic carbocycles. The van der Waals surface area contributed by atoms with E-state index in [0.29, 0.717) is 12.7 Å². The molecule has 1 atom stereocenters. The Balaban J connectivity index is 1.80. The maximum atomic E-state index is 5.47. The Hall–Kier alpha value is -1.13. The molecule has 1 fully saturated rings. The number of methoxy groups -OCH3 is 1. The van der Waals surface area contributed by atoms with E-state index in [1.165, 1.54) is 0 Å². The lowest BCUT2D eigenvalue weighted by Gasteiger charge is -2.03. The van der Waals surface area contributed by atoms with Gasteiger partial charge in [-0.05, 0) is 25.0 Å². The lowest BCUT2D eigenvalue weighted by atomic mass is 10.2. The Kier molecular flexibility index (Phi) is 4.13. The van der Waals surface area contributed by atoms with Gasteiger partial charge in [-0.2, -0.15) is 0 Å². The fourth-order valence-corrected chi connectivity index (χ4v) is 1.73. The summed E-state index contributed by atoms with van der Waals surface area (Å²) in [5, 5.41) is 0. The summed E-state index contributed by atoms with van der Waals surface area (Å²) in [7, 11) is 1.65. The van der Waals surface area contributed by atoms with Gasteiger partial charge in [0.15, 0.2) is 0 Å². The van der Waals surface area contributed by atoms with E-state index in [2.05, 4.69) is 4.99 Å². The van der Waals surface area contributed by atoms with E-state index >= 15 is 0 Å². The lowest BCUT2D eigenvalue weighted by molar-refractivity contribution is 0.118. The maximum Gasteiger partial charge on any atom is 0.144 e. The molecule has 0 N–H and O–H groups in total. The summed E-state index contributed by atoms with van der Waals surface area (Å²) in [6.45, 7) is 2.10. The van der Waals surface area contributed by atoms with E-state index in [-0.39, 0.29) is 0 Å². The molecule has 1 saturated heterocycles. The second-order valence-electron chi connectivity index (χ2n) is 3.87. The highest BCUT2D eigenvalue weighted by Gasteiger charge is 2.13. The number of ether oxygens (including phenoxy) is 2. The highest BCUT2D eigenvalue weighted by atomic mass is 16.5. The second-order valence-corrected chi connectivity index (χ2v) is 3.87. The van der Waals surface area contributed by atoms with Crippen molar-refractivity contribution in [2.45, 2.75) is 25.6 Å². The standard InChI is InChI=1S/C12H17NO3/c1-14-9-12-5-4-11(16-12)8-13-7-10-3-2-6-15-10/h4-5,8,10H,2-3,6-7,9H2,1H3. The van der Waals surface area contributed by atoms with Crippen LogP contribution in [0.5, 0.6) is 0 Å². The zero-order valence-corrected chi connectivity index (χ0v) is 9.52. The molecule has 1 aliphatic heterocycles. The van der Waals surface area contributed by atoms with Gasteiger partial charge < -0.3 is 13.9 Å². The van der Waals surface area contributed by atoms with Crippen LogP contribution in [-0.4, -0.2) is 32.6 Å². The first-order chi connectivity index (χ1) is 7.88. The maximum absolute atomic E-state index is 5.47. The van der Waals surface area contributed by atoms with Crippen LogP contribution in [0.15, 0.2) is 21.5 Å². The highest BCUT2D eigenvalue weighted by molar-refractivity contribution is 5.75. The summed E-state index contributed by atoms with van der Waals surface area (Å²) < 4.78 is 15.9. The predicted molar refractivity (Wildman–Crippen MR) is 60.9 cm³/mol. The topological polar surface area (TPSA) is 44.0 Å². The van der Waals surface area contributed by atoms with Crippen molar-refractivity contribution in [3.05, 3.63) is 23.7 Å². The Morgan fingerprint density at radius 2 is 2.50 bits per heavy atom. The van der Waals surface area contributed by atoms with Crippen molar-refractivity contribution in [2.24, 2.45) is 4.99 Å². The Morgan fingerprint density at radius 1 is 1.56 bits per heavy atom. The van der Waals surface area contributed by atoms with Gasteiger partial charge in [0.2, 0.25) is 0 Å². The zero-order chi connectivity index (χ0) is 11.2. The fourth-order valence-electron chi connectivity index (χ4n) is 1.73. The van der Waals surface area contributed by atoms with Crippen molar-refractivity contribution in [2.75, 3.05) is 20.3 Å². The molecule has 2 rings (SSSR count). The average molecular weight is 223 g/mol. The summed E-state index contributed by atoms with van der Waals surface area (Å²) in [4.78, 5) is 4.31. The van der Waals surface area contributed by atoms with Gasteiger partial charge in [0.05, 0.1) is 18.9 Å². The van der Waals surface area contributed by atoms with E-state index in [1.807, 2.05) is 12.1 Å². The smallest absolute Gasteiger partial charge is 0.144 e. The van der Waals surface area contributed by atoms with Gasteiger partial charge in [0.25, 0.3) is 0 Å². The van der Waals surface area contributed by atoms with Crippen molar-refractivity contribution in [1.29, 1.82) is 0 Å². The number of hydrogen-bond donors (Lipinski definition) is 0. The Morgan fingerprint density at radius 3 is 3.25 bits per heavy atom. The first-order valence-corrected chi connectivity index (χ1v) is 5.57. The summed E-state index contributed by atoms with van der Waals surface area (Å²) in [6, 6.07) is 3.80. The summed E-state index contributed by atoms with van der Waals surface area (Å²) in [5.41, 5.74) is 0. The zero-order valence-electron chi connectivity index (χ0n) is 9.52. The van der Waals surface area contributed by atoms with Crippen molar-refractivity contribution in [3.8, 4) is 0 Å². The van der Waals surface area contributed by atoms with Crippen LogP contribution in [0.4, 0.5) is 0 Å². The molecular formula is C12H17NO3. The molecule has 1 aromatic heterocycles.